The van der Waals surface area contributed by atoms with Crippen LogP contribution in [-0.2, 0) is 11.2 Å². The molecule has 0 fully saturated rings. The minimum absolute atomic E-state index is 0.104. The van der Waals surface area contributed by atoms with Crippen molar-refractivity contribution in [2.24, 2.45) is 0 Å². The summed E-state index contributed by atoms with van der Waals surface area (Å²) >= 11 is 1.34. The molecule has 20 heavy (non-hydrogen) atoms. The number of halogens is 1. The molecule has 2 rings (SSSR count). The smallest absolute Gasteiger partial charge is 0.226 e. The quantitative estimate of drug-likeness (QED) is 0.804. The molecule has 1 aromatic carbocycles. The summed E-state index contributed by atoms with van der Waals surface area (Å²) in [6.07, 6.45) is 2.82. The third kappa shape index (κ3) is 3.84. The molecule has 0 unspecified atom stereocenters. The topological polar surface area (TPSA) is 57.8 Å². The molecule has 0 aliphatic heterocycles. The zero-order valence-corrected chi connectivity index (χ0v) is 12.0. The van der Waals surface area contributed by atoms with Gasteiger partial charge in [0.25, 0.3) is 0 Å². The first-order chi connectivity index (χ1) is 9.70. The third-order valence-corrected chi connectivity index (χ3v) is 3.84. The lowest BCUT2D eigenvalue weighted by Gasteiger charge is -2.05. The molecule has 106 valence electrons. The average Bonchev–Trinajstić information content (AvgIpc) is 2.88. The molecule has 0 aliphatic carbocycles. The van der Waals surface area contributed by atoms with Gasteiger partial charge in [0.2, 0.25) is 5.91 Å². The van der Waals surface area contributed by atoms with Crippen LogP contribution in [0.15, 0.2) is 35.4 Å². The number of aromatic amines is 1. The normalized spacial score (nSPS) is 10.5. The van der Waals surface area contributed by atoms with Crippen molar-refractivity contribution in [1.29, 1.82) is 0 Å². The van der Waals surface area contributed by atoms with Crippen molar-refractivity contribution >= 4 is 23.5 Å². The van der Waals surface area contributed by atoms with Crippen molar-refractivity contribution < 1.29 is 9.18 Å². The number of benzene rings is 1. The Morgan fingerprint density at radius 2 is 2.25 bits per heavy atom. The Morgan fingerprint density at radius 3 is 3.00 bits per heavy atom. The zero-order valence-electron chi connectivity index (χ0n) is 11.1. The maximum Gasteiger partial charge on any atom is 0.226 e. The van der Waals surface area contributed by atoms with Gasteiger partial charge in [0, 0.05) is 22.6 Å². The highest BCUT2D eigenvalue weighted by molar-refractivity contribution is 7.99. The number of aryl methyl sites for hydroxylation is 1. The van der Waals surface area contributed by atoms with Gasteiger partial charge in [0.05, 0.1) is 6.20 Å². The van der Waals surface area contributed by atoms with Crippen molar-refractivity contribution in [2.75, 3.05) is 11.1 Å². The van der Waals surface area contributed by atoms with Crippen LogP contribution < -0.4 is 5.32 Å². The van der Waals surface area contributed by atoms with Gasteiger partial charge in [-0.3, -0.25) is 9.89 Å². The second-order valence-corrected chi connectivity index (χ2v) is 5.34. The molecule has 6 heteroatoms. The first-order valence-electron chi connectivity index (χ1n) is 6.40. The van der Waals surface area contributed by atoms with E-state index in [1.54, 1.807) is 24.4 Å². The van der Waals surface area contributed by atoms with Gasteiger partial charge in [-0.15, -0.1) is 11.8 Å². The van der Waals surface area contributed by atoms with Crippen molar-refractivity contribution in [3.8, 4) is 0 Å². The number of carbonyl (C=O) groups excluding carboxylic acids is 1. The maximum atomic E-state index is 13.4. The highest BCUT2D eigenvalue weighted by atomic mass is 32.2. The first kappa shape index (κ1) is 14.6. The number of anilines is 1. The number of hydrogen-bond acceptors (Lipinski definition) is 3. The summed E-state index contributed by atoms with van der Waals surface area (Å²) < 4.78 is 13.4. The Kier molecular flexibility index (Phi) is 5.17. The highest BCUT2D eigenvalue weighted by Crippen LogP contribution is 2.22. The fraction of sp³-hybridized carbons (Fsp3) is 0.286. The van der Waals surface area contributed by atoms with E-state index >= 15 is 0 Å². The predicted octanol–water partition coefficient (Wildman–Crippen LogP) is 3.23. The molecule has 0 saturated carbocycles. The Bertz CT molecular complexity index is 585. The van der Waals surface area contributed by atoms with E-state index in [0.717, 1.165) is 12.0 Å². The minimum atomic E-state index is -0.250. The van der Waals surface area contributed by atoms with E-state index in [1.165, 1.54) is 17.8 Å². The van der Waals surface area contributed by atoms with Crippen molar-refractivity contribution in [3.05, 3.63) is 41.8 Å². The second kappa shape index (κ2) is 7.09. The van der Waals surface area contributed by atoms with Gasteiger partial charge in [-0.1, -0.05) is 19.1 Å². The van der Waals surface area contributed by atoms with Crippen molar-refractivity contribution in [3.63, 3.8) is 0 Å². The number of nitrogens with one attached hydrogen (secondary N) is 2. The molecule has 0 saturated heterocycles. The molecule has 1 aromatic heterocycles. The van der Waals surface area contributed by atoms with Crippen molar-refractivity contribution in [1.82, 2.24) is 10.2 Å². The van der Waals surface area contributed by atoms with Crippen LogP contribution in [0.1, 0.15) is 18.9 Å². The number of nitrogens with zero attached hydrogens (tertiary/aromatic N) is 1. The van der Waals surface area contributed by atoms with Gasteiger partial charge < -0.3 is 5.32 Å². The number of aromatic nitrogens is 2. The van der Waals surface area contributed by atoms with E-state index in [4.69, 9.17) is 0 Å². The summed E-state index contributed by atoms with van der Waals surface area (Å²) in [6, 6.07) is 6.56. The lowest BCUT2D eigenvalue weighted by atomic mass is 10.2. The largest absolute Gasteiger partial charge is 0.311 e. The van der Waals surface area contributed by atoms with Gasteiger partial charge in [-0.2, -0.15) is 5.10 Å². The number of hydrogen-bond donors (Lipinski definition) is 2. The second-order valence-electron chi connectivity index (χ2n) is 4.20. The van der Waals surface area contributed by atoms with E-state index in [9.17, 15) is 9.18 Å². The highest BCUT2D eigenvalue weighted by Gasteiger charge is 2.08. The third-order valence-electron chi connectivity index (χ3n) is 2.79. The lowest BCUT2D eigenvalue weighted by Crippen LogP contribution is -2.13. The number of carbonyl (C=O) groups is 1. The minimum Gasteiger partial charge on any atom is -0.311 e. The van der Waals surface area contributed by atoms with E-state index in [-0.39, 0.29) is 11.7 Å². The predicted molar refractivity (Wildman–Crippen MR) is 78.3 cm³/mol. The fourth-order valence-corrected chi connectivity index (χ4v) is 2.59. The molecular formula is C14H16FN3OS. The lowest BCUT2D eigenvalue weighted by molar-refractivity contribution is -0.115. The van der Waals surface area contributed by atoms with Crippen molar-refractivity contribution in [2.45, 2.75) is 24.7 Å². The maximum absolute atomic E-state index is 13.4. The van der Waals surface area contributed by atoms with Gasteiger partial charge in [-0.25, -0.2) is 4.39 Å². The Labute approximate surface area is 121 Å². The molecule has 0 bridgehead atoms. The monoisotopic (exact) mass is 293 g/mol. The van der Waals surface area contributed by atoms with Crippen LogP contribution in [0.4, 0.5) is 10.2 Å². The summed E-state index contributed by atoms with van der Waals surface area (Å²) in [5.41, 5.74) is 0.972. The van der Waals surface area contributed by atoms with Gasteiger partial charge in [-0.05, 0) is 18.6 Å². The number of thioether (sulfide) groups is 1. The molecule has 0 atom stereocenters. The standard InChI is InChI=1S/C14H16FN3OS/c1-2-10-9-16-18-14(10)17-13(19)7-8-20-12-6-4-3-5-11(12)15/h3-6,9H,2,7-8H2,1H3,(H2,16,17,18,19). The Morgan fingerprint density at radius 1 is 1.45 bits per heavy atom. The van der Waals surface area contributed by atoms with Crippen LogP contribution in [0.25, 0.3) is 0 Å². The van der Waals surface area contributed by atoms with Gasteiger partial charge in [0.1, 0.15) is 11.6 Å². The van der Waals surface area contributed by atoms with Crippen LogP contribution in [0, 0.1) is 5.82 Å². The summed E-state index contributed by atoms with van der Waals surface area (Å²) in [7, 11) is 0. The summed E-state index contributed by atoms with van der Waals surface area (Å²) in [5.74, 6) is 0.823. The molecule has 4 nitrogen and oxygen atoms in total. The molecule has 2 N–H and O–H groups in total. The van der Waals surface area contributed by atoms with Crippen LogP contribution >= 0.6 is 11.8 Å². The fourth-order valence-electron chi connectivity index (χ4n) is 1.70. The molecule has 0 radical (unpaired) electrons. The number of rotatable bonds is 6. The van der Waals surface area contributed by atoms with E-state index in [2.05, 4.69) is 15.5 Å². The number of H-pyrrole nitrogens is 1. The van der Waals surface area contributed by atoms with Crippen LogP contribution in [-0.4, -0.2) is 21.9 Å². The van der Waals surface area contributed by atoms with E-state index in [0.29, 0.717) is 22.9 Å². The van der Waals surface area contributed by atoms with Crippen LogP contribution in [0.2, 0.25) is 0 Å². The average molecular weight is 293 g/mol. The Hall–Kier alpha value is -1.82. The van der Waals surface area contributed by atoms with Crippen LogP contribution in [0.3, 0.4) is 0 Å². The van der Waals surface area contributed by atoms with Crippen LogP contribution in [0.5, 0.6) is 0 Å². The van der Waals surface area contributed by atoms with E-state index < -0.39 is 0 Å². The zero-order chi connectivity index (χ0) is 14.4. The SMILES string of the molecule is CCc1cn[nH]c1NC(=O)CCSc1ccccc1F. The summed E-state index contributed by atoms with van der Waals surface area (Å²) in [5, 5.41) is 9.43. The van der Waals surface area contributed by atoms with Gasteiger partial charge >= 0.3 is 0 Å². The van der Waals surface area contributed by atoms with Gasteiger partial charge in [0.15, 0.2) is 0 Å². The molecule has 0 spiro atoms. The molecule has 2 aromatic rings. The first-order valence-corrected chi connectivity index (χ1v) is 7.38. The van der Waals surface area contributed by atoms with E-state index in [1.807, 2.05) is 6.92 Å². The number of amides is 1. The summed E-state index contributed by atoms with van der Waals surface area (Å²) in [6.45, 7) is 1.99. The molecule has 0 aliphatic rings. The Balaban J connectivity index is 1.80. The molecule has 1 heterocycles. The summed E-state index contributed by atoms with van der Waals surface area (Å²) in [4.78, 5) is 12.4. The molecule has 1 amide bonds. The molecular weight excluding hydrogens is 277 g/mol.